The Labute approximate surface area is 186 Å². The quantitative estimate of drug-likeness (QED) is 0.610. The largest absolute Gasteiger partial charge is 0.444 e. The minimum atomic E-state index is -0.517. The molecule has 2 aromatic rings. The first-order valence-corrected chi connectivity index (χ1v) is 11.1. The highest BCUT2D eigenvalue weighted by atomic mass is 35.5. The zero-order valence-electron chi connectivity index (χ0n) is 18.3. The van der Waals surface area contributed by atoms with Gasteiger partial charge in [0.25, 0.3) is 0 Å². The molecule has 1 amide bonds. The number of hydrogen-bond donors (Lipinski definition) is 0. The Morgan fingerprint density at radius 1 is 1.32 bits per heavy atom. The standard InChI is InChI=1S/C23H27ClFN3O3/c1-11(2)19-17-16(14-10-30-7-6-28(14)20(17)18(25)21(24)26-19)15-12-8-27(9-13(12)15)22(29)31-23(3,4)5/h12-13,15H,1,6-10H2,2-5H3. The number of amides is 1. The van der Waals surface area contributed by atoms with E-state index in [9.17, 15) is 4.79 Å². The molecular formula is C23H27ClFN3O3. The van der Waals surface area contributed by atoms with Gasteiger partial charge in [-0.05, 0) is 56.6 Å². The zero-order valence-corrected chi connectivity index (χ0v) is 19.1. The van der Waals surface area contributed by atoms with Crippen molar-refractivity contribution in [2.24, 2.45) is 11.8 Å². The molecule has 8 heteroatoms. The summed E-state index contributed by atoms with van der Waals surface area (Å²) in [5.74, 6) is 0.389. The van der Waals surface area contributed by atoms with Crippen LogP contribution in [0.4, 0.5) is 9.18 Å². The van der Waals surface area contributed by atoms with Crippen molar-refractivity contribution in [3.63, 3.8) is 0 Å². The molecule has 0 bridgehead atoms. The molecule has 6 nitrogen and oxygen atoms in total. The molecule has 3 aliphatic rings. The number of halogens is 2. The van der Waals surface area contributed by atoms with E-state index in [1.54, 1.807) is 4.90 Å². The van der Waals surface area contributed by atoms with Crippen LogP contribution in [0.25, 0.3) is 16.5 Å². The van der Waals surface area contributed by atoms with Gasteiger partial charge in [-0.25, -0.2) is 14.2 Å². The maximum atomic E-state index is 15.2. The lowest BCUT2D eigenvalue weighted by Gasteiger charge is -2.26. The van der Waals surface area contributed by atoms with Gasteiger partial charge in [-0.15, -0.1) is 0 Å². The Hall–Kier alpha value is -2.12. The predicted molar refractivity (Wildman–Crippen MR) is 117 cm³/mol. The fourth-order valence-electron chi connectivity index (χ4n) is 5.28. The van der Waals surface area contributed by atoms with Gasteiger partial charge in [-0.1, -0.05) is 18.2 Å². The van der Waals surface area contributed by atoms with Gasteiger partial charge in [0.05, 0.1) is 24.4 Å². The van der Waals surface area contributed by atoms with Crippen molar-refractivity contribution in [2.75, 3.05) is 19.7 Å². The first-order chi connectivity index (χ1) is 14.6. The molecule has 2 atom stereocenters. The number of carbonyl (C=O) groups excluding carboxylic acids is 1. The molecule has 166 valence electrons. The maximum Gasteiger partial charge on any atom is 0.410 e. The normalized spacial score (nSPS) is 24.8. The van der Waals surface area contributed by atoms with Crippen LogP contribution >= 0.6 is 11.6 Å². The Morgan fingerprint density at radius 3 is 2.61 bits per heavy atom. The number of hydrogen-bond acceptors (Lipinski definition) is 4. The van der Waals surface area contributed by atoms with E-state index in [2.05, 4.69) is 11.6 Å². The average Bonchev–Trinajstić information content (AvgIpc) is 3.04. The monoisotopic (exact) mass is 447 g/mol. The molecule has 1 saturated heterocycles. The molecule has 31 heavy (non-hydrogen) atoms. The summed E-state index contributed by atoms with van der Waals surface area (Å²) in [6.07, 6.45) is -0.271. The van der Waals surface area contributed by atoms with Crippen LogP contribution in [0.3, 0.4) is 0 Å². The molecule has 2 aromatic heterocycles. The summed E-state index contributed by atoms with van der Waals surface area (Å²) in [7, 11) is 0. The van der Waals surface area contributed by atoms with Gasteiger partial charge >= 0.3 is 6.09 Å². The Bertz CT molecular complexity index is 1110. The highest BCUT2D eigenvalue weighted by molar-refractivity contribution is 6.30. The summed E-state index contributed by atoms with van der Waals surface area (Å²) in [5.41, 5.74) is 3.46. The number of nitrogens with zero attached hydrogens (tertiary/aromatic N) is 3. The topological polar surface area (TPSA) is 56.6 Å². The number of ether oxygens (including phenoxy) is 2. The van der Waals surface area contributed by atoms with Gasteiger partial charge in [0, 0.05) is 30.7 Å². The van der Waals surface area contributed by atoms with Crippen LogP contribution in [0.15, 0.2) is 6.58 Å². The van der Waals surface area contributed by atoms with Gasteiger partial charge in [0.2, 0.25) is 0 Å². The fourth-order valence-corrected chi connectivity index (χ4v) is 5.46. The lowest BCUT2D eigenvalue weighted by atomic mass is 9.99. The summed E-state index contributed by atoms with van der Waals surface area (Å²) >= 11 is 6.16. The maximum absolute atomic E-state index is 15.2. The lowest BCUT2D eigenvalue weighted by Crippen LogP contribution is -2.37. The number of likely N-dealkylation sites (tertiary alicyclic amines) is 1. The van der Waals surface area contributed by atoms with Crippen molar-refractivity contribution in [3.8, 4) is 0 Å². The highest BCUT2D eigenvalue weighted by Crippen LogP contribution is 2.61. The first kappa shape index (κ1) is 20.8. The second kappa shape index (κ2) is 6.94. The molecule has 2 unspecified atom stereocenters. The molecule has 5 rings (SSSR count). The summed E-state index contributed by atoms with van der Waals surface area (Å²) in [6.45, 7) is 14.4. The van der Waals surface area contributed by atoms with Gasteiger partial charge in [0.1, 0.15) is 5.60 Å². The summed E-state index contributed by atoms with van der Waals surface area (Å²) < 4.78 is 28.5. The number of fused-ring (bicyclic) bond motifs is 4. The van der Waals surface area contributed by atoms with Crippen molar-refractivity contribution in [1.29, 1.82) is 0 Å². The zero-order chi connectivity index (χ0) is 22.2. The van der Waals surface area contributed by atoms with Crippen LogP contribution in [0, 0.1) is 17.7 Å². The summed E-state index contributed by atoms with van der Waals surface area (Å²) in [6, 6.07) is 0. The van der Waals surface area contributed by atoms with Crippen molar-refractivity contribution < 1.29 is 18.7 Å². The van der Waals surface area contributed by atoms with Crippen LogP contribution < -0.4 is 0 Å². The molecule has 2 fully saturated rings. The van der Waals surface area contributed by atoms with E-state index < -0.39 is 11.4 Å². The van der Waals surface area contributed by atoms with E-state index in [-0.39, 0.29) is 17.2 Å². The van der Waals surface area contributed by atoms with Crippen molar-refractivity contribution in [3.05, 3.63) is 34.5 Å². The van der Waals surface area contributed by atoms with Crippen LogP contribution in [0.5, 0.6) is 0 Å². The van der Waals surface area contributed by atoms with E-state index in [1.165, 1.54) is 0 Å². The molecule has 0 radical (unpaired) electrons. The number of allylic oxidation sites excluding steroid dienone is 1. The third-order valence-corrected chi connectivity index (χ3v) is 6.78. The molecule has 2 aliphatic heterocycles. The molecule has 4 heterocycles. The number of aromatic nitrogens is 2. The van der Waals surface area contributed by atoms with Crippen molar-refractivity contribution in [2.45, 2.75) is 52.4 Å². The molecule has 0 spiro atoms. The van der Waals surface area contributed by atoms with Gasteiger partial charge in [-0.3, -0.25) is 0 Å². The minimum absolute atomic E-state index is 0.129. The SMILES string of the molecule is C=C(C)c1nc(Cl)c(F)c2c1c(C1C3CN(C(=O)OC(C)(C)C)CC31)c1n2CCOC1. The molecule has 0 aromatic carbocycles. The first-order valence-electron chi connectivity index (χ1n) is 10.7. The number of rotatable bonds is 2. The average molecular weight is 448 g/mol. The van der Waals surface area contributed by atoms with E-state index in [0.29, 0.717) is 55.9 Å². The third-order valence-electron chi connectivity index (χ3n) is 6.53. The number of pyridine rings is 1. The summed E-state index contributed by atoms with van der Waals surface area (Å²) in [4.78, 5) is 18.6. The smallest absolute Gasteiger partial charge is 0.410 e. The van der Waals surface area contributed by atoms with Gasteiger partial charge in [-0.2, -0.15) is 0 Å². The van der Waals surface area contributed by atoms with E-state index in [4.69, 9.17) is 21.1 Å². The van der Waals surface area contributed by atoms with E-state index >= 15 is 4.39 Å². The van der Waals surface area contributed by atoms with Gasteiger partial charge in [0.15, 0.2) is 11.0 Å². The lowest BCUT2D eigenvalue weighted by molar-refractivity contribution is 0.0270. The Morgan fingerprint density at radius 2 is 2.00 bits per heavy atom. The Kier molecular flexibility index (Phi) is 4.65. The molecule has 0 N–H and O–H groups in total. The Balaban J connectivity index is 1.55. The second-order valence-electron chi connectivity index (χ2n) is 9.87. The van der Waals surface area contributed by atoms with Crippen LogP contribution in [-0.2, 0) is 22.6 Å². The van der Waals surface area contributed by atoms with Crippen LogP contribution in [0.1, 0.15) is 50.6 Å². The fraction of sp³-hybridized carbons (Fsp3) is 0.565. The minimum Gasteiger partial charge on any atom is -0.444 e. The van der Waals surface area contributed by atoms with Crippen LogP contribution in [-0.4, -0.2) is 45.8 Å². The summed E-state index contributed by atoms with van der Waals surface area (Å²) in [5, 5.41) is 0.675. The molecular weight excluding hydrogens is 421 g/mol. The molecule has 1 saturated carbocycles. The number of piperidine rings is 1. The highest BCUT2D eigenvalue weighted by Gasteiger charge is 2.59. The van der Waals surface area contributed by atoms with Crippen molar-refractivity contribution >= 4 is 34.2 Å². The van der Waals surface area contributed by atoms with Gasteiger partial charge < -0.3 is 18.9 Å². The second-order valence-corrected chi connectivity index (χ2v) is 10.2. The third kappa shape index (κ3) is 3.24. The molecule has 1 aliphatic carbocycles. The predicted octanol–water partition coefficient (Wildman–Crippen LogP) is 4.97. The van der Waals surface area contributed by atoms with E-state index in [0.717, 1.165) is 22.2 Å². The van der Waals surface area contributed by atoms with Crippen LogP contribution in [0.2, 0.25) is 5.15 Å². The van der Waals surface area contributed by atoms with Crippen molar-refractivity contribution in [1.82, 2.24) is 14.5 Å². The van der Waals surface area contributed by atoms with E-state index in [1.807, 2.05) is 32.3 Å². The number of carbonyl (C=O) groups is 1.